The molecule has 4 rings (SSSR count). The Bertz CT molecular complexity index is 1270. The van der Waals surface area contributed by atoms with E-state index in [9.17, 15) is 4.79 Å². The second kappa shape index (κ2) is 8.66. The van der Waals surface area contributed by atoms with Crippen molar-refractivity contribution >= 4 is 52.0 Å². The van der Waals surface area contributed by atoms with Crippen LogP contribution in [0.2, 0.25) is 10.0 Å². The van der Waals surface area contributed by atoms with Crippen LogP contribution in [0, 0.1) is 6.92 Å². The van der Waals surface area contributed by atoms with Gasteiger partial charge in [-0.25, -0.2) is 4.79 Å². The van der Waals surface area contributed by atoms with Crippen molar-refractivity contribution in [2.24, 2.45) is 4.99 Å². The minimum atomic E-state index is -0.509. The van der Waals surface area contributed by atoms with Crippen LogP contribution < -0.4 is 4.74 Å². The Kier molecular flexibility index (Phi) is 5.79. The molecule has 0 radical (unpaired) electrons. The first-order valence-electron chi connectivity index (χ1n) is 9.17. The van der Waals surface area contributed by atoms with Gasteiger partial charge in [-0.15, -0.1) is 0 Å². The fraction of sp³-hybridized carbons (Fsp3) is 0.0417. The predicted octanol–water partition coefficient (Wildman–Crippen LogP) is 6.82. The van der Waals surface area contributed by atoms with E-state index < -0.39 is 5.97 Å². The van der Waals surface area contributed by atoms with Crippen LogP contribution in [0.25, 0.3) is 10.9 Å². The molecule has 1 heterocycles. The number of aryl methyl sites for hydroxylation is 1. The minimum Gasteiger partial charge on any atom is -0.422 e. The maximum absolute atomic E-state index is 13.0. The molecule has 0 spiro atoms. The summed E-state index contributed by atoms with van der Waals surface area (Å²) >= 11 is 12.0. The van der Waals surface area contributed by atoms with Crippen molar-refractivity contribution in [3.05, 3.63) is 99.7 Å². The molecule has 148 valence electrons. The van der Waals surface area contributed by atoms with Gasteiger partial charge in [-0.05, 0) is 55.0 Å². The van der Waals surface area contributed by atoms with E-state index in [-0.39, 0.29) is 0 Å². The molecule has 0 saturated carbocycles. The SMILES string of the molecule is Cc1cc(OC(=O)c2ccccc2N=Cc2ccc(Cl)cc2)c2cc(Cl)ccc2n1. The Labute approximate surface area is 183 Å². The smallest absolute Gasteiger partial charge is 0.345 e. The highest BCUT2D eigenvalue weighted by molar-refractivity contribution is 6.31. The van der Waals surface area contributed by atoms with E-state index in [1.165, 1.54) is 0 Å². The Morgan fingerprint density at radius 3 is 2.50 bits per heavy atom. The maximum Gasteiger partial charge on any atom is 0.345 e. The van der Waals surface area contributed by atoms with Gasteiger partial charge in [0, 0.05) is 33.4 Å². The number of aromatic nitrogens is 1. The topological polar surface area (TPSA) is 51.5 Å². The molecule has 0 atom stereocenters. The van der Waals surface area contributed by atoms with Crippen LogP contribution in [0.4, 0.5) is 5.69 Å². The standard InChI is InChI=1S/C24H16Cl2N2O2/c1-15-12-23(20-13-18(26)10-11-22(20)28-15)30-24(29)19-4-2-3-5-21(19)27-14-16-6-8-17(25)9-7-16/h2-14H,1H3. The number of hydrogen-bond acceptors (Lipinski definition) is 4. The Morgan fingerprint density at radius 1 is 0.967 bits per heavy atom. The number of benzene rings is 3. The van der Waals surface area contributed by atoms with Crippen molar-refractivity contribution in [3.63, 3.8) is 0 Å². The van der Waals surface area contributed by atoms with Gasteiger partial charge in [0.05, 0.1) is 16.8 Å². The highest BCUT2D eigenvalue weighted by Crippen LogP contribution is 2.30. The van der Waals surface area contributed by atoms with E-state index in [0.717, 1.165) is 11.3 Å². The van der Waals surface area contributed by atoms with Gasteiger partial charge in [-0.1, -0.05) is 47.5 Å². The zero-order valence-corrected chi connectivity index (χ0v) is 17.5. The van der Waals surface area contributed by atoms with E-state index in [1.54, 1.807) is 60.8 Å². The lowest BCUT2D eigenvalue weighted by molar-refractivity contribution is 0.0738. The molecule has 3 aromatic carbocycles. The van der Waals surface area contributed by atoms with Crippen LogP contribution in [-0.2, 0) is 0 Å². The van der Waals surface area contributed by atoms with Crippen LogP contribution in [-0.4, -0.2) is 17.2 Å². The molecule has 0 unspecified atom stereocenters. The summed E-state index contributed by atoms with van der Waals surface area (Å²) < 4.78 is 5.73. The highest BCUT2D eigenvalue weighted by Gasteiger charge is 2.16. The molecule has 0 aliphatic carbocycles. The average Bonchev–Trinajstić information content (AvgIpc) is 2.74. The summed E-state index contributed by atoms with van der Waals surface area (Å²) in [6.07, 6.45) is 1.67. The minimum absolute atomic E-state index is 0.354. The summed E-state index contributed by atoms with van der Waals surface area (Å²) in [5.74, 6) is -0.104. The third-order valence-corrected chi connectivity index (χ3v) is 4.90. The largest absolute Gasteiger partial charge is 0.422 e. The van der Waals surface area contributed by atoms with Gasteiger partial charge in [-0.2, -0.15) is 0 Å². The first kappa shape index (κ1) is 20.1. The summed E-state index contributed by atoms with van der Waals surface area (Å²) in [7, 11) is 0. The van der Waals surface area contributed by atoms with Crippen LogP contribution in [0.1, 0.15) is 21.6 Å². The number of pyridine rings is 1. The zero-order chi connectivity index (χ0) is 21.1. The Morgan fingerprint density at radius 2 is 1.70 bits per heavy atom. The van der Waals surface area contributed by atoms with Crippen LogP contribution >= 0.6 is 23.2 Å². The van der Waals surface area contributed by atoms with Gasteiger partial charge in [-0.3, -0.25) is 9.98 Å². The maximum atomic E-state index is 13.0. The summed E-state index contributed by atoms with van der Waals surface area (Å²) in [4.78, 5) is 21.9. The number of aliphatic imine (C=N–C) groups is 1. The van der Waals surface area contributed by atoms with Crippen molar-refractivity contribution in [2.45, 2.75) is 6.92 Å². The quantitative estimate of drug-likeness (QED) is 0.261. The molecule has 0 fully saturated rings. The summed E-state index contributed by atoms with van der Waals surface area (Å²) in [5, 5.41) is 1.86. The molecule has 6 heteroatoms. The van der Waals surface area contributed by atoms with Crippen molar-refractivity contribution in [2.75, 3.05) is 0 Å². The summed E-state index contributed by atoms with van der Waals surface area (Å²) in [6, 6.07) is 21.3. The molecule has 0 amide bonds. The lowest BCUT2D eigenvalue weighted by Crippen LogP contribution is -2.09. The zero-order valence-electron chi connectivity index (χ0n) is 16.0. The second-order valence-corrected chi connectivity index (χ2v) is 7.51. The fourth-order valence-corrected chi connectivity index (χ4v) is 3.28. The first-order valence-corrected chi connectivity index (χ1v) is 9.93. The Hall–Kier alpha value is -3.21. The Balaban J connectivity index is 1.66. The molecule has 0 N–H and O–H groups in total. The fourth-order valence-electron chi connectivity index (χ4n) is 2.98. The van der Waals surface area contributed by atoms with Crippen molar-refractivity contribution in [1.82, 2.24) is 4.98 Å². The van der Waals surface area contributed by atoms with Gasteiger partial charge >= 0.3 is 5.97 Å². The average molecular weight is 435 g/mol. The molecule has 1 aromatic heterocycles. The van der Waals surface area contributed by atoms with E-state index in [2.05, 4.69) is 9.98 Å². The van der Waals surface area contributed by atoms with E-state index in [4.69, 9.17) is 27.9 Å². The van der Waals surface area contributed by atoms with Gasteiger partial charge in [0.25, 0.3) is 0 Å². The lowest BCUT2D eigenvalue weighted by atomic mass is 10.1. The first-order chi connectivity index (χ1) is 14.5. The van der Waals surface area contributed by atoms with E-state index in [0.29, 0.717) is 37.9 Å². The van der Waals surface area contributed by atoms with Gasteiger partial charge in [0.15, 0.2) is 0 Å². The lowest BCUT2D eigenvalue weighted by Gasteiger charge is -2.10. The number of ether oxygens (including phenoxy) is 1. The van der Waals surface area contributed by atoms with E-state index in [1.807, 2.05) is 25.1 Å². The predicted molar refractivity (Wildman–Crippen MR) is 122 cm³/mol. The highest BCUT2D eigenvalue weighted by atomic mass is 35.5. The van der Waals surface area contributed by atoms with Crippen molar-refractivity contribution in [3.8, 4) is 5.75 Å². The number of halogens is 2. The number of carbonyl (C=O) groups excluding carboxylic acids is 1. The second-order valence-electron chi connectivity index (χ2n) is 6.64. The number of para-hydroxylation sites is 1. The summed E-state index contributed by atoms with van der Waals surface area (Å²) in [5.41, 5.74) is 3.17. The molecule has 4 aromatic rings. The molecule has 30 heavy (non-hydrogen) atoms. The normalized spacial score (nSPS) is 11.2. The van der Waals surface area contributed by atoms with Gasteiger partial charge < -0.3 is 4.74 Å². The number of fused-ring (bicyclic) bond motifs is 1. The number of esters is 1. The third-order valence-electron chi connectivity index (χ3n) is 4.41. The number of nitrogens with zero attached hydrogens (tertiary/aromatic N) is 2. The number of rotatable bonds is 4. The van der Waals surface area contributed by atoms with Crippen molar-refractivity contribution < 1.29 is 9.53 Å². The van der Waals surface area contributed by atoms with Crippen molar-refractivity contribution in [1.29, 1.82) is 0 Å². The summed E-state index contributed by atoms with van der Waals surface area (Å²) in [6.45, 7) is 1.84. The monoisotopic (exact) mass is 434 g/mol. The molecule has 0 aliphatic heterocycles. The molecule has 0 bridgehead atoms. The third kappa shape index (κ3) is 4.51. The van der Waals surface area contributed by atoms with Crippen LogP contribution in [0.15, 0.2) is 77.8 Å². The molecular formula is C24H16Cl2N2O2. The van der Waals surface area contributed by atoms with E-state index >= 15 is 0 Å². The van der Waals surface area contributed by atoms with Gasteiger partial charge in [0.2, 0.25) is 0 Å². The number of carbonyl (C=O) groups is 1. The molecule has 0 saturated heterocycles. The molecule has 0 aliphatic rings. The molecular weight excluding hydrogens is 419 g/mol. The molecule has 4 nitrogen and oxygen atoms in total. The van der Waals surface area contributed by atoms with Crippen LogP contribution in [0.3, 0.4) is 0 Å². The van der Waals surface area contributed by atoms with Crippen LogP contribution in [0.5, 0.6) is 5.75 Å². The number of hydrogen-bond donors (Lipinski definition) is 0. The van der Waals surface area contributed by atoms with Gasteiger partial charge in [0.1, 0.15) is 5.75 Å².